The Morgan fingerprint density at radius 2 is 2.07 bits per heavy atom. The highest BCUT2D eigenvalue weighted by Crippen LogP contribution is 2.14. The maximum absolute atomic E-state index is 5.85. The van der Waals surface area contributed by atoms with Gasteiger partial charge in [-0.05, 0) is 31.0 Å². The highest BCUT2D eigenvalue weighted by Gasteiger charge is 2.18. The number of morpholine rings is 1. The second kappa shape index (κ2) is 5.10. The highest BCUT2D eigenvalue weighted by atomic mass is 79.9. The molecule has 15 heavy (non-hydrogen) atoms. The molecule has 3 heteroatoms. The molecule has 0 aliphatic carbocycles. The van der Waals surface area contributed by atoms with Gasteiger partial charge in [-0.25, -0.2) is 0 Å². The molecule has 0 saturated carbocycles. The number of rotatable bonds is 2. The average molecular weight is 270 g/mol. The van der Waals surface area contributed by atoms with Gasteiger partial charge in [0.05, 0.1) is 12.2 Å². The molecule has 2 nitrogen and oxygen atoms in total. The minimum absolute atomic E-state index is 0.315. The van der Waals surface area contributed by atoms with Gasteiger partial charge in [0, 0.05) is 17.6 Å². The van der Waals surface area contributed by atoms with Crippen LogP contribution in [-0.2, 0) is 11.2 Å². The summed E-state index contributed by atoms with van der Waals surface area (Å²) in [5, 5.41) is 3.38. The van der Waals surface area contributed by atoms with E-state index in [4.69, 9.17) is 4.74 Å². The lowest BCUT2D eigenvalue weighted by Gasteiger charge is -2.28. The highest BCUT2D eigenvalue weighted by molar-refractivity contribution is 9.10. The van der Waals surface area contributed by atoms with Crippen LogP contribution in [0, 0.1) is 0 Å². The third kappa shape index (κ3) is 3.30. The molecule has 1 fully saturated rings. The number of hydrogen-bond donors (Lipinski definition) is 1. The summed E-state index contributed by atoms with van der Waals surface area (Å²) in [7, 11) is 0. The Kier molecular flexibility index (Phi) is 3.78. The molecule has 1 aliphatic rings. The molecule has 2 unspecified atom stereocenters. The minimum atomic E-state index is 0.315. The predicted molar refractivity (Wildman–Crippen MR) is 65.1 cm³/mol. The molecule has 1 aromatic carbocycles. The first kappa shape index (κ1) is 11.1. The van der Waals surface area contributed by atoms with Crippen LogP contribution in [0.3, 0.4) is 0 Å². The maximum Gasteiger partial charge on any atom is 0.0743 e. The van der Waals surface area contributed by atoms with Crippen LogP contribution in [0.4, 0.5) is 0 Å². The molecule has 1 heterocycles. The average Bonchev–Trinajstić information content (AvgIpc) is 2.22. The van der Waals surface area contributed by atoms with Gasteiger partial charge in [-0.1, -0.05) is 28.1 Å². The zero-order chi connectivity index (χ0) is 10.7. The van der Waals surface area contributed by atoms with Crippen molar-refractivity contribution in [1.29, 1.82) is 0 Å². The SMILES string of the molecule is CC1CNCC(Cc2ccc(Br)cc2)O1. The zero-order valence-electron chi connectivity index (χ0n) is 8.87. The molecule has 0 spiro atoms. The van der Waals surface area contributed by atoms with Gasteiger partial charge >= 0.3 is 0 Å². The molecule has 82 valence electrons. The van der Waals surface area contributed by atoms with Crippen molar-refractivity contribution in [2.45, 2.75) is 25.6 Å². The van der Waals surface area contributed by atoms with E-state index in [1.54, 1.807) is 0 Å². The summed E-state index contributed by atoms with van der Waals surface area (Å²) >= 11 is 3.44. The summed E-state index contributed by atoms with van der Waals surface area (Å²) < 4.78 is 6.97. The van der Waals surface area contributed by atoms with E-state index in [2.05, 4.69) is 52.4 Å². The van der Waals surface area contributed by atoms with Gasteiger partial charge < -0.3 is 10.1 Å². The molecule has 0 amide bonds. The summed E-state index contributed by atoms with van der Waals surface area (Å²) in [5.41, 5.74) is 1.33. The fourth-order valence-electron chi connectivity index (χ4n) is 1.88. The van der Waals surface area contributed by atoms with E-state index >= 15 is 0 Å². The van der Waals surface area contributed by atoms with Crippen LogP contribution in [0.15, 0.2) is 28.7 Å². The second-order valence-electron chi connectivity index (χ2n) is 4.06. The first-order chi connectivity index (χ1) is 7.24. The van der Waals surface area contributed by atoms with E-state index in [-0.39, 0.29) is 0 Å². The van der Waals surface area contributed by atoms with Gasteiger partial charge in [-0.3, -0.25) is 0 Å². The van der Waals surface area contributed by atoms with Crippen molar-refractivity contribution in [2.75, 3.05) is 13.1 Å². The predicted octanol–water partition coefficient (Wildman–Crippen LogP) is 2.37. The van der Waals surface area contributed by atoms with Crippen LogP contribution < -0.4 is 5.32 Å². The molecule has 2 atom stereocenters. The number of hydrogen-bond acceptors (Lipinski definition) is 2. The smallest absolute Gasteiger partial charge is 0.0743 e. The van der Waals surface area contributed by atoms with E-state index in [0.717, 1.165) is 24.0 Å². The van der Waals surface area contributed by atoms with Crippen molar-refractivity contribution in [3.8, 4) is 0 Å². The molecule has 1 saturated heterocycles. The van der Waals surface area contributed by atoms with E-state index in [1.807, 2.05) is 0 Å². The molecule has 1 aliphatic heterocycles. The summed E-state index contributed by atoms with van der Waals surface area (Å²) in [6.45, 7) is 4.04. The minimum Gasteiger partial charge on any atom is -0.372 e. The molecular weight excluding hydrogens is 254 g/mol. The van der Waals surface area contributed by atoms with Crippen LogP contribution in [0.2, 0.25) is 0 Å². The fourth-order valence-corrected chi connectivity index (χ4v) is 2.14. The molecule has 1 aromatic rings. The van der Waals surface area contributed by atoms with Gasteiger partial charge in [0.25, 0.3) is 0 Å². The summed E-state index contributed by atoms with van der Waals surface area (Å²) in [4.78, 5) is 0. The molecule has 1 N–H and O–H groups in total. The van der Waals surface area contributed by atoms with E-state index in [9.17, 15) is 0 Å². The van der Waals surface area contributed by atoms with Crippen LogP contribution >= 0.6 is 15.9 Å². The Hall–Kier alpha value is -0.380. The van der Waals surface area contributed by atoms with Crippen molar-refractivity contribution in [1.82, 2.24) is 5.32 Å². The Bertz CT molecular complexity index is 312. The number of ether oxygens (including phenoxy) is 1. The lowest BCUT2D eigenvalue weighted by atomic mass is 10.1. The van der Waals surface area contributed by atoms with Crippen molar-refractivity contribution in [3.63, 3.8) is 0 Å². The Balaban J connectivity index is 1.93. The lowest BCUT2D eigenvalue weighted by molar-refractivity contribution is -0.0262. The molecule has 0 radical (unpaired) electrons. The molecule has 2 rings (SSSR count). The number of nitrogens with one attached hydrogen (secondary N) is 1. The standard InChI is InChI=1S/C12H16BrNO/c1-9-7-14-8-12(15-9)6-10-2-4-11(13)5-3-10/h2-5,9,12,14H,6-8H2,1H3. The molecular formula is C12H16BrNO. The normalized spacial score (nSPS) is 26.5. The Labute approximate surface area is 99.1 Å². The van der Waals surface area contributed by atoms with Gasteiger partial charge in [-0.2, -0.15) is 0 Å². The second-order valence-corrected chi connectivity index (χ2v) is 4.97. The van der Waals surface area contributed by atoms with Crippen LogP contribution in [0.5, 0.6) is 0 Å². The third-order valence-corrected chi connectivity index (χ3v) is 3.13. The van der Waals surface area contributed by atoms with Crippen LogP contribution in [0.1, 0.15) is 12.5 Å². The van der Waals surface area contributed by atoms with Crippen molar-refractivity contribution in [2.24, 2.45) is 0 Å². The summed E-state index contributed by atoms with van der Waals surface area (Å²) in [6.07, 6.45) is 1.64. The zero-order valence-corrected chi connectivity index (χ0v) is 10.5. The van der Waals surface area contributed by atoms with Crippen molar-refractivity contribution >= 4 is 15.9 Å². The topological polar surface area (TPSA) is 21.3 Å². The van der Waals surface area contributed by atoms with Crippen molar-refractivity contribution in [3.05, 3.63) is 34.3 Å². The van der Waals surface area contributed by atoms with Crippen molar-refractivity contribution < 1.29 is 4.74 Å². The Morgan fingerprint density at radius 1 is 1.33 bits per heavy atom. The maximum atomic E-state index is 5.85. The number of benzene rings is 1. The quantitative estimate of drug-likeness (QED) is 0.890. The van der Waals surface area contributed by atoms with Crippen LogP contribution in [0.25, 0.3) is 0 Å². The largest absolute Gasteiger partial charge is 0.372 e. The van der Waals surface area contributed by atoms with E-state index in [1.165, 1.54) is 5.56 Å². The third-order valence-electron chi connectivity index (χ3n) is 2.61. The van der Waals surface area contributed by atoms with E-state index < -0.39 is 0 Å². The summed E-state index contributed by atoms with van der Waals surface area (Å²) in [6, 6.07) is 8.45. The monoisotopic (exact) mass is 269 g/mol. The first-order valence-electron chi connectivity index (χ1n) is 5.34. The first-order valence-corrected chi connectivity index (χ1v) is 6.14. The lowest BCUT2D eigenvalue weighted by Crippen LogP contribution is -2.44. The summed E-state index contributed by atoms with van der Waals surface area (Å²) in [5.74, 6) is 0. The fraction of sp³-hybridized carbons (Fsp3) is 0.500. The van der Waals surface area contributed by atoms with E-state index in [0.29, 0.717) is 12.2 Å². The van der Waals surface area contributed by atoms with Gasteiger partial charge in [0.2, 0.25) is 0 Å². The molecule has 0 aromatic heterocycles. The number of halogens is 1. The van der Waals surface area contributed by atoms with Gasteiger partial charge in [-0.15, -0.1) is 0 Å². The molecule has 0 bridgehead atoms. The Morgan fingerprint density at radius 3 is 2.73 bits per heavy atom. The van der Waals surface area contributed by atoms with Crippen LogP contribution in [-0.4, -0.2) is 25.3 Å². The van der Waals surface area contributed by atoms with Gasteiger partial charge in [0.15, 0.2) is 0 Å². The van der Waals surface area contributed by atoms with Gasteiger partial charge in [0.1, 0.15) is 0 Å².